The smallest absolute Gasteiger partial charge is 0.247 e. The van der Waals surface area contributed by atoms with Crippen molar-refractivity contribution in [1.29, 1.82) is 0 Å². The molecule has 126 valence electrons. The molecule has 5 nitrogen and oxygen atoms in total. The van der Waals surface area contributed by atoms with Crippen LogP contribution in [0.5, 0.6) is 0 Å². The van der Waals surface area contributed by atoms with Crippen LogP contribution in [0, 0.1) is 6.92 Å². The summed E-state index contributed by atoms with van der Waals surface area (Å²) in [7, 11) is 3.07. The molecule has 1 aliphatic carbocycles. The molecule has 2 atom stereocenters. The highest BCUT2D eigenvalue weighted by Gasteiger charge is 2.41. The fourth-order valence-corrected chi connectivity index (χ4v) is 3.61. The van der Waals surface area contributed by atoms with E-state index in [4.69, 9.17) is 14.2 Å². The van der Waals surface area contributed by atoms with E-state index < -0.39 is 22.2 Å². The average Bonchev–Trinajstić information content (AvgIpc) is 2.55. The van der Waals surface area contributed by atoms with E-state index in [1.165, 1.54) is 33.5 Å². The lowest BCUT2D eigenvalue weighted by Crippen LogP contribution is -2.43. The summed E-state index contributed by atoms with van der Waals surface area (Å²) < 4.78 is 28.5. The van der Waals surface area contributed by atoms with Gasteiger partial charge in [-0.2, -0.15) is 0 Å². The van der Waals surface area contributed by atoms with Crippen molar-refractivity contribution in [1.82, 2.24) is 0 Å². The van der Waals surface area contributed by atoms with Crippen LogP contribution in [0.2, 0.25) is 0 Å². The first-order valence-electron chi connectivity index (χ1n) is 7.13. The molecule has 0 heterocycles. The van der Waals surface area contributed by atoms with E-state index in [0.717, 1.165) is 5.56 Å². The zero-order valence-corrected chi connectivity index (χ0v) is 14.6. The number of ether oxygens (including phenoxy) is 3. The lowest BCUT2D eigenvalue weighted by molar-refractivity contribution is -0.168. The molecule has 0 amide bonds. The van der Waals surface area contributed by atoms with Gasteiger partial charge in [0.1, 0.15) is 5.60 Å². The van der Waals surface area contributed by atoms with Crippen molar-refractivity contribution in [2.75, 3.05) is 27.1 Å². The summed E-state index contributed by atoms with van der Waals surface area (Å²) in [5.41, 5.74) is -0.310. The van der Waals surface area contributed by atoms with Crippen LogP contribution in [0.4, 0.5) is 0 Å². The second-order valence-electron chi connectivity index (χ2n) is 5.42. The predicted octanol–water partition coefficient (Wildman–Crippen LogP) is 1.92. The Bertz CT molecular complexity index is 631. The fourth-order valence-electron chi connectivity index (χ4n) is 2.41. The van der Waals surface area contributed by atoms with Crippen molar-refractivity contribution in [3.63, 3.8) is 0 Å². The number of aryl methyl sites for hydroxylation is 1. The summed E-state index contributed by atoms with van der Waals surface area (Å²) in [6.07, 6.45) is 4.57. The molecule has 1 aromatic rings. The molecule has 23 heavy (non-hydrogen) atoms. The van der Waals surface area contributed by atoms with Crippen LogP contribution in [0.3, 0.4) is 0 Å². The van der Waals surface area contributed by atoms with Gasteiger partial charge in [0, 0.05) is 19.1 Å². The highest BCUT2D eigenvalue weighted by atomic mass is 32.2. The van der Waals surface area contributed by atoms with Crippen LogP contribution in [-0.4, -0.2) is 47.8 Å². The molecule has 0 saturated heterocycles. The molecular formula is C17H22O5S. The van der Waals surface area contributed by atoms with Gasteiger partial charge in [0.2, 0.25) is 5.79 Å². The Hall–Kier alpha value is -1.47. The highest BCUT2D eigenvalue weighted by molar-refractivity contribution is 7.85. The highest BCUT2D eigenvalue weighted by Crippen LogP contribution is 2.33. The Morgan fingerprint density at radius 1 is 1.09 bits per heavy atom. The van der Waals surface area contributed by atoms with Crippen LogP contribution in [-0.2, 0) is 25.0 Å². The molecule has 0 aromatic heterocycles. The topological polar surface area (TPSA) is 65.0 Å². The molecule has 1 aromatic carbocycles. The monoisotopic (exact) mass is 338 g/mol. The molecule has 0 fully saturated rings. The van der Waals surface area contributed by atoms with Gasteiger partial charge in [-0.25, -0.2) is 0 Å². The Morgan fingerprint density at radius 3 is 2.22 bits per heavy atom. The minimum absolute atomic E-state index is 0.0168. The van der Waals surface area contributed by atoms with Gasteiger partial charge in [-0.3, -0.25) is 4.21 Å². The van der Waals surface area contributed by atoms with Crippen molar-refractivity contribution in [2.45, 2.75) is 23.2 Å². The maximum Gasteiger partial charge on any atom is 0.247 e. The lowest BCUT2D eigenvalue weighted by Gasteiger charge is -2.35. The molecule has 0 saturated carbocycles. The third-order valence-electron chi connectivity index (χ3n) is 3.79. The van der Waals surface area contributed by atoms with Crippen LogP contribution in [0.1, 0.15) is 5.56 Å². The zero-order chi connectivity index (χ0) is 17.1. The van der Waals surface area contributed by atoms with Crippen LogP contribution < -0.4 is 0 Å². The van der Waals surface area contributed by atoms with Crippen LogP contribution >= 0.6 is 0 Å². The predicted molar refractivity (Wildman–Crippen MR) is 88.4 cm³/mol. The quantitative estimate of drug-likeness (QED) is 0.634. The summed E-state index contributed by atoms with van der Waals surface area (Å²) in [6, 6.07) is 7.39. The van der Waals surface area contributed by atoms with Crippen molar-refractivity contribution in [3.05, 3.63) is 53.8 Å². The fraction of sp³-hybridized carbons (Fsp3) is 0.412. The molecule has 6 heteroatoms. The van der Waals surface area contributed by atoms with Crippen LogP contribution in [0.25, 0.3) is 0 Å². The molecule has 1 N–H and O–H groups in total. The molecule has 0 spiro atoms. The number of hydrogen-bond donors (Lipinski definition) is 1. The number of hydrogen-bond acceptors (Lipinski definition) is 5. The van der Waals surface area contributed by atoms with E-state index in [-0.39, 0.29) is 5.75 Å². The number of benzene rings is 1. The minimum Gasteiger partial charge on any atom is -0.495 e. The molecule has 1 unspecified atom stereocenters. The van der Waals surface area contributed by atoms with Crippen molar-refractivity contribution in [2.24, 2.45) is 0 Å². The van der Waals surface area contributed by atoms with Gasteiger partial charge >= 0.3 is 0 Å². The number of aliphatic hydroxyl groups is 1. The van der Waals surface area contributed by atoms with E-state index in [1.807, 2.05) is 19.1 Å². The Balaban J connectivity index is 2.24. The van der Waals surface area contributed by atoms with Gasteiger partial charge in [-0.15, -0.1) is 0 Å². The van der Waals surface area contributed by atoms with Crippen molar-refractivity contribution < 1.29 is 23.5 Å². The third kappa shape index (κ3) is 3.72. The molecule has 0 radical (unpaired) electrons. The number of rotatable bonds is 6. The summed E-state index contributed by atoms with van der Waals surface area (Å²) in [6.45, 7) is 1.97. The Labute approximate surface area is 139 Å². The maximum atomic E-state index is 12.5. The van der Waals surface area contributed by atoms with Gasteiger partial charge in [-0.1, -0.05) is 17.7 Å². The molecule has 1 aliphatic rings. The van der Waals surface area contributed by atoms with Gasteiger partial charge in [0.25, 0.3) is 0 Å². The van der Waals surface area contributed by atoms with Gasteiger partial charge < -0.3 is 19.3 Å². The van der Waals surface area contributed by atoms with Crippen molar-refractivity contribution in [3.8, 4) is 0 Å². The summed E-state index contributed by atoms with van der Waals surface area (Å²) >= 11 is 0. The molecule has 2 rings (SSSR count). The lowest BCUT2D eigenvalue weighted by atomic mass is 9.95. The Morgan fingerprint density at radius 2 is 1.70 bits per heavy atom. The normalized spacial score (nSPS) is 24.1. The van der Waals surface area contributed by atoms with Crippen molar-refractivity contribution >= 4 is 10.8 Å². The van der Waals surface area contributed by atoms with Crippen LogP contribution in [0.15, 0.2) is 53.1 Å². The summed E-state index contributed by atoms with van der Waals surface area (Å²) in [4.78, 5) is 0.667. The first-order chi connectivity index (χ1) is 10.9. The van der Waals surface area contributed by atoms with E-state index in [2.05, 4.69) is 0 Å². The first kappa shape index (κ1) is 17.9. The zero-order valence-electron chi connectivity index (χ0n) is 13.7. The molecule has 0 bridgehead atoms. The SMILES string of the molecule is COC1=CC(O)(C[S@@](=O)c2ccc(C)cc2)C=CC1(OC)OC. The Kier molecular flexibility index (Phi) is 5.41. The summed E-state index contributed by atoms with van der Waals surface area (Å²) in [5, 5.41) is 10.7. The largest absolute Gasteiger partial charge is 0.495 e. The van der Waals surface area contributed by atoms with Gasteiger partial charge in [0.05, 0.1) is 23.7 Å². The van der Waals surface area contributed by atoms with Gasteiger partial charge in [0.15, 0.2) is 5.76 Å². The second kappa shape index (κ2) is 6.97. The minimum atomic E-state index is -1.40. The molecule has 0 aliphatic heterocycles. The van der Waals surface area contributed by atoms with E-state index in [1.54, 1.807) is 18.2 Å². The third-order valence-corrected chi connectivity index (χ3v) is 5.31. The van der Waals surface area contributed by atoms with E-state index in [9.17, 15) is 9.32 Å². The average molecular weight is 338 g/mol. The standard InChI is InChI=1S/C17H22O5S/c1-13-5-7-14(8-6-13)23(19)12-16(18)9-10-17(21-3,22-4)15(11-16)20-2/h5-11,18H,12H2,1-4H3/t16?,23-/m1/s1. The second-order valence-corrected chi connectivity index (χ2v) is 6.87. The van der Waals surface area contributed by atoms with E-state index >= 15 is 0 Å². The maximum absolute atomic E-state index is 12.5. The number of methoxy groups -OCH3 is 3. The van der Waals surface area contributed by atoms with Gasteiger partial charge in [-0.05, 0) is 37.3 Å². The molecular weight excluding hydrogens is 316 g/mol. The van der Waals surface area contributed by atoms with E-state index in [0.29, 0.717) is 10.7 Å². The summed E-state index contributed by atoms with van der Waals surface area (Å²) in [5.74, 6) is -0.844. The first-order valence-corrected chi connectivity index (χ1v) is 8.45.